The number of nitrogens with zero attached hydrogens (tertiary/aromatic N) is 2. The SMILES string of the molecule is C=CCC1CN(C(C)C)CN1C(=O)OC(C)(C)C. The summed E-state index contributed by atoms with van der Waals surface area (Å²) in [5, 5.41) is 0. The van der Waals surface area contributed by atoms with Crippen molar-refractivity contribution < 1.29 is 9.53 Å². The largest absolute Gasteiger partial charge is 0.444 e. The van der Waals surface area contributed by atoms with Crippen molar-refractivity contribution in [3.8, 4) is 0 Å². The predicted octanol–water partition coefficient (Wildman–Crippen LogP) is 2.85. The van der Waals surface area contributed by atoms with E-state index in [2.05, 4.69) is 25.3 Å². The van der Waals surface area contributed by atoms with Crippen molar-refractivity contribution in [2.45, 2.75) is 58.7 Å². The minimum Gasteiger partial charge on any atom is -0.444 e. The third kappa shape index (κ3) is 4.02. The molecule has 1 fully saturated rings. The van der Waals surface area contributed by atoms with Crippen LogP contribution in [0.2, 0.25) is 0 Å². The van der Waals surface area contributed by atoms with Crippen LogP contribution in [0.1, 0.15) is 41.0 Å². The van der Waals surface area contributed by atoms with Crippen molar-refractivity contribution in [2.24, 2.45) is 0 Å². The van der Waals surface area contributed by atoms with Gasteiger partial charge in [-0.2, -0.15) is 0 Å². The smallest absolute Gasteiger partial charge is 0.411 e. The van der Waals surface area contributed by atoms with Crippen molar-refractivity contribution in [2.75, 3.05) is 13.2 Å². The van der Waals surface area contributed by atoms with E-state index < -0.39 is 5.60 Å². The van der Waals surface area contributed by atoms with Crippen LogP contribution in [-0.2, 0) is 4.74 Å². The summed E-state index contributed by atoms with van der Waals surface area (Å²) in [7, 11) is 0. The summed E-state index contributed by atoms with van der Waals surface area (Å²) >= 11 is 0. The highest BCUT2D eigenvalue weighted by atomic mass is 16.6. The number of amides is 1. The summed E-state index contributed by atoms with van der Waals surface area (Å²) in [5.41, 5.74) is -0.443. The molecule has 0 aromatic heterocycles. The Morgan fingerprint density at radius 3 is 2.56 bits per heavy atom. The molecule has 1 unspecified atom stereocenters. The number of carbonyl (C=O) groups excluding carboxylic acids is 1. The molecule has 0 aliphatic carbocycles. The van der Waals surface area contributed by atoms with E-state index in [0.29, 0.717) is 12.7 Å². The van der Waals surface area contributed by atoms with E-state index in [1.807, 2.05) is 31.7 Å². The zero-order chi connectivity index (χ0) is 13.9. The van der Waals surface area contributed by atoms with Gasteiger partial charge in [0.15, 0.2) is 0 Å². The molecule has 1 heterocycles. The van der Waals surface area contributed by atoms with Crippen LogP contribution in [-0.4, -0.2) is 46.8 Å². The second-order valence-electron chi connectivity index (χ2n) is 6.13. The molecule has 18 heavy (non-hydrogen) atoms. The van der Waals surface area contributed by atoms with Gasteiger partial charge >= 0.3 is 6.09 Å². The zero-order valence-corrected chi connectivity index (χ0v) is 12.3. The van der Waals surface area contributed by atoms with Crippen LogP contribution in [0.5, 0.6) is 0 Å². The Bertz CT molecular complexity index is 307. The van der Waals surface area contributed by atoms with E-state index in [9.17, 15) is 4.79 Å². The fourth-order valence-corrected chi connectivity index (χ4v) is 2.03. The van der Waals surface area contributed by atoms with Gasteiger partial charge < -0.3 is 4.74 Å². The Morgan fingerprint density at radius 1 is 1.50 bits per heavy atom. The van der Waals surface area contributed by atoms with Crippen molar-refractivity contribution in [3.05, 3.63) is 12.7 Å². The Hall–Kier alpha value is -1.03. The Labute approximate surface area is 111 Å². The lowest BCUT2D eigenvalue weighted by Crippen LogP contribution is -2.40. The van der Waals surface area contributed by atoms with E-state index in [0.717, 1.165) is 13.0 Å². The first-order chi connectivity index (χ1) is 8.24. The van der Waals surface area contributed by atoms with Gasteiger partial charge in [0.05, 0.1) is 12.7 Å². The van der Waals surface area contributed by atoms with E-state index in [4.69, 9.17) is 4.74 Å². The summed E-state index contributed by atoms with van der Waals surface area (Å²) < 4.78 is 5.45. The number of carbonyl (C=O) groups is 1. The maximum atomic E-state index is 12.2. The summed E-state index contributed by atoms with van der Waals surface area (Å²) in [4.78, 5) is 16.2. The van der Waals surface area contributed by atoms with Crippen molar-refractivity contribution in [1.82, 2.24) is 9.80 Å². The average molecular weight is 254 g/mol. The highest BCUT2D eigenvalue weighted by Gasteiger charge is 2.36. The van der Waals surface area contributed by atoms with Crippen molar-refractivity contribution >= 4 is 6.09 Å². The van der Waals surface area contributed by atoms with Gasteiger partial charge in [0.1, 0.15) is 5.60 Å². The zero-order valence-electron chi connectivity index (χ0n) is 12.3. The lowest BCUT2D eigenvalue weighted by Gasteiger charge is -2.27. The fourth-order valence-electron chi connectivity index (χ4n) is 2.03. The second-order valence-corrected chi connectivity index (χ2v) is 6.13. The third-order valence-corrected chi connectivity index (χ3v) is 3.02. The molecule has 0 spiro atoms. The number of hydrogen-bond donors (Lipinski definition) is 0. The van der Waals surface area contributed by atoms with Gasteiger partial charge in [-0.15, -0.1) is 6.58 Å². The van der Waals surface area contributed by atoms with E-state index >= 15 is 0 Å². The molecule has 0 aromatic rings. The van der Waals surface area contributed by atoms with E-state index in [1.54, 1.807) is 0 Å². The van der Waals surface area contributed by atoms with Crippen LogP contribution >= 0.6 is 0 Å². The molecule has 4 nitrogen and oxygen atoms in total. The minimum atomic E-state index is -0.443. The molecular formula is C14H26N2O2. The van der Waals surface area contributed by atoms with Crippen LogP contribution in [0.4, 0.5) is 4.79 Å². The molecular weight excluding hydrogens is 228 g/mol. The van der Waals surface area contributed by atoms with Crippen LogP contribution in [0, 0.1) is 0 Å². The number of rotatable bonds is 3. The van der Waals surface area contributed by atoms with Crippen molar-refractivity contribution in [1.29, 1.82) is 0 Å². The molecule has 0 bridgehead atoms. The molecule has 0 radical (unpaired) electrons. The first kappa shape index (κ1) is 15.0. The second kappa shape index (κ2) is 5.74. The van der Waals surface area contributed by atoms with Gasteiger partial charge in [0.2, 0.25) is 0 Å². The molecule has 0 N–H and O–H groups in total. The molecule has 1 amide bonds. The maximum absolute atomic E-state index is 12.2. The van der Waals surface area contributed by atoms with Gasteiger partial charge in [-0.1, -0.05) is 6.08 Å². The summed E-state index contributed by atoms with van der Waals surface area (Å²) in [6, 6.07) is 0.615. The molecule has 4 heteroatoms. The quantitative estimate of drug-likeness (QED) is 0.726. The first-order valence-electron chi connectivity index (χ1n) is 6.59. The molecule has 104 valence electrons. The third-order valence-electron chi connectivity index (χ3n) is 3.02. The standard InChI is InChI=1S/C14H26N2O2/c1-7-8-12-9-15(11(2)3)10-16(12)13(17)18-14(4,5)6/h7,11-12H,1,8-10H2,2-6H3. The van der Waals surface area contributed by atoms with Crippen molar-refractivity contribution in [3.63, 3.8) is 0 Å². The topological polar surface area (TPSA) is 32.8 Å². The lowest BCUT2D eigenvalue weighted by molar-refractivity contribution is 0.0201. The van der Waals surface area contributed by atoms with Gasteiger partial charge in [0, 0.05) is 12.6 Å². The maximum Gasteiger partial charge on any atom is 0.411 e. The van der Waals surface area contributed by atoms with Crippen LogP contribution in [0.25, 0.3) is 0 Å². The van der Waals surface area contributed by atoms with Gasteiger partial charge in [-0.05, 0) is 41.0 Å². The Kier molecular flexibility index (Phi) is 4.79. The molecule has 0 aromatic carbocycles. The molecule has 0 saturated carbocycles. The van der Waals surface area contributed by atoms with Gasteiger partial charge in [-0.25, -0.2) is 4.79 Å². The average Bonchev–Trinajstić information content (AvgIpc) is 2.59. The normalized spacial score (nSPS) is 21.4. The van der Waals surface area contributed by atoms with E-state index in [-0.39, 0.29) is 12.1 Å². The van der Waals surface area contributed by atoms with Crippen LogP contribution in [0.3, 0.4) is 0 Å². The van der Waals surface area contributed by atoms with Gasteiger partial charge in [-0.3, -0.25) is 9.80 Å². The lowest BCUT2D eigenvalue weighted by atomic mass is 10.2. The Morgan fingerprint density at radius 2 is 2.11 bits per heavy atom. The number of ether oxygens (including phenoxy) is 1. The highest BCUT2D eigenvalue weighted by molar-refractivity contribution is 5.69. The fraction of sp³-hybridized carbons (Fsp3) is 0.786. The van der Waals surface area contributed by atoms with Gasteiger partial charge in [0.25, 0.3) is 0 Å². The summed E-state index contributed by atoms with van der Waals surface area (Å²) in [6.07, 6.45) is 2.45. The summed E-state index contributed by atoms with van der Waals surface area (Å²) in [6.45, 7) is 15.3. The van der Waals surface area contributed by atoms with Crippen LogP contribution < -0.4 is 0 Å². The molecule has 1 rings (SSSR count). The monoisotopic (exact) mass is 254 g/mol. The Balaban J connectivity index is 2.71. The molecule has 1 atom stereocenters. The van der Waals surface area contributed by atoms with E-state index in [1.165, 1.54) is 0 Å². The first-order valence-corrected chi connectivity index (χ1v) is 6.59. The van der Waals surface area contributed by atoms with Crippen LogP contribution in [0.15, 0.2) is 12.7 Å². The minimum absolute atomic E-state index is 0.180. The predicted molar refractivity (Wildman–Crippen MR) is 73.4 cm³/mol. The molecule has 1 aliphatic rings. The molecule has 1 aliphatic heterocycles. The molecule has 1 saturated heterocycles. The number of hydrogen-bond acceptors (Lipinski definition) is 3. The highest BCUT2D eigenvalue weighted by Crippen LogP contribution is 2.21. The summed E-state index contributed by atoms with van der Waals surface area (Å²) in [5.74, 6) is 0.